The third kappa shape index (κ3) is 4.24. The Morgan fingerprint density at radius 2 is 1.62 bits per heavy atom. The number of benzene rings is 2. The van der Waals surface area contributed by atoms with Gasteiger partial charge >= 0.3 is 11.9 Å². The molecule has 2 N–H and O–H groups in total. The minimum absolute atomic E-state index is 0.114. The standard InChI is InChI=1S/C15H11ClO4S/c16-13-8-12(6-3-10(13)7-14(17)18)21-11-4-1-9(2-5-11)15(19)20/h1-6,8H,7H2,(H,17,18)(H,19,20). The fourth-order valence-electron chi connectivity index (χ4n) is 1.70. The summed E-state index contributed by atoms with van der Waals surface area (Å²) in [7, 11) is 0. The molecular weight excluding hydrogens is 312 g/mol. The molecule has 0 spiro atoms. The van der Waals surface area contributed by atoms with Crippen molar-refractivity contribution in [1.29, 1.82) is 0 Å². The maximum atomic E-state index is 10.8. The van der Waals surface area contributed by atoms with Crippen LogP contribution in [0.2, 0.25) is 5.02 Å². The van der Waals surface area contributed by atoms with Crippen LogP contribution in [0.25, 0.3) is 0 Å². The minimum Gasteiger partial charge on any atom is -0.481 e. The fraction of sp³-hybridized carbons (Fsp3) is 0.0667. The number of carboxylic acid groups (broad SMARTS) is 2. The normalized spacial score (nSPS) is 10.3. The van der Waals surface area contributed by atoms with Crippen LogP contribution in [0, 0.1) is 0 Å². The van der Waals surface area contributed by atoms with E-state index >= 15 is 0 Å². The molecule has 2 aromatic rings. The average molecular weight is 323 g/mol. The molecule has 0 fully saturated rings. The first-order chi connectivity index (χ1) is 9.95. The quantitative estimate of drug-likeness (QED) is 0.875. The summed E-state index contributed by atoms with van der Waals surface area (Å²) < 4.78 is 0. The predicted molar refractivity (Wildman–Crippen MR) is 80.3 cm³/mol. The van der Waals surface area contributed by atoms with Gasteiger partial charge < -0.3 is 10.2 Å². The van der Waals surface area contributed by atoms with Crippen LogP contribution >= 0.6 is 23.4 Å². The van der Waals surface area contributed by atoms with Gasteiger partial charge in [0, 0.05) is 14.8 Å². The van der Waals surface area contributed by atoms with E-state index in [9.17, 15) is 9.59 Å². The molecule has 0 aliphatic heterocycles. The highest BCUT2D eigenvalue weighted by Gasteiger charge is 2.08. The zero-order chi connectivity index (χ0) is 15.4. The molecule has 2 rings (SSSR count). The van der Waals surface area contributed by atoms with Gasteiger partial charge in [0.1, 0.15) is 0 Å². The Balaban J connectivity index is 2.14. The molecule has 2 aromatic carbocycles. The minimum atomic E-state index is -0.965. The number of aromatic carboxylic acids is 1. The van der Waals surface area contributed by atoms with Gasteiger partial charge in [0.25, 0.3) is 0 Å². The summed E-state index contributed by atoms with van der Waals surface area (Å²) in [4.78, 5) is 23.2. The lowest BCUT2D eigenvalue weighted by Gasteiger charge is -2.06. The Morgan fingerprint density at radius 3 is 2.14 bits per heavy atom. The maximum absolute atomic E-state index is 10.8. The van der Waals surface area contributed by atoms with Gasteiger partial charge in [-0.3, -0.25) is 4.79 Å². The van der Waals surface area contributed by atoms with Crippen molar-refractivity contribution in [3.05, 3.63) is 58.6 Å². The van der Waals surface area contributed by atoms with Gasteiger partial charge in [0.2, 0.25) is 0 Å². The smallest absolute Gasteiger partial charge is 0.335 e. The van der Waals surface area contributed by atoms with E-state index in [0.717, 1.165) is 9.79 Å². The van der Waals surface area contributed by atoms with Crippen molar-refractivity contribution < 1.29 is 19.8 Å². The van der Waals surface area contributed by atoms with Gasteiger partial charge in [-0.1, -0.05) is 29.4 Å². The fourth-order valence-corrected chi connectivity index (χ4v) is 2.87. The van der Waals surface area contributed by atoms with Crippen molar-refractivity contribution in [1.82, 2.24) is 0 Å². The van der Waals surface area contributed by atoms with Crippen LogP contribution in [-0.4, -0.2) is 22.2 Å². The Kier molecular flexibility index (Phi) is 4.88. The summed E-state index contributed by atoms with van der Waals surface area (Å²) in [6, 6.07) is 11.7. The van der Waals surface area contributed by atoms with Crippen molar-refractivity contribution in [3.63, 3.8) is 0 Å². The zero-order valence-corrected chi connectivity index (χ0v) is 12.3. The second kappa shape index (κ2) is 6.65. The summed E-state index contributed by atoms with van der Waals surface area (Å²) in [5.74, 6) is -1.89. The van der Waals surface area contributed by atoms with Crippen LogP contribution in [0.5, 0.6) is 0 Å². The molecule has 0 saturated heterocycles. The lowest BCUT2D eigenvalue weighted by atomic mass is 10.1. The molecule has 21 heavy (non-hydrogen) atoms. The summed E-state index contributed by atoms with van der Waals surface area (Å²) in [5.41, 5.74) is 0.795. The number of aliphatic carboxylic acids is 1. The van der Waals surface area contributed by atoms with Crippen molar-refractivity contribution in [2.75, 3.05) is 0 Å². The van der Waals surface area contributed by atoms with E-state index in [1.807, 2.05) is 0 Å². The third-order valence-electron chi connectivity index (χ3n) is 2.70. The second-order valence-corrected chi connectivity index (χ2v) is 5.81. The van der Waals surface area contributed by atoms with Crippen LogP contribution in [0.15, 0.2) is 52.3 Å². The molecule has 0 amide bonds. The topological polar surface area (TPSA) is 74.6 Å². The van der Waals surface area contributed by atoms with Crippen molar-refractivity contribution in [2.45, 2.75) is 16.2 Å². The Labute approximate surface area is 130 Å². The molecule has 0 unspecified atom stereocenters. The van der Waals surface area contributed by atoms with Gasteiger partial charge in [-0.15, -0.1) is 0 Å². The first kappa shape index (κ1) is 15.4. The molecule has 0 atom stereocenters. The lowest BCUT2D eigenvalue weighted by molar-refractivity contribution is -0.136. The third-order valence-corrected chi connectivity index (χ3v) is 4.05. The molecule has 6 heteroatoms. The van der Waals surface area contributed by atoms with Crippen molar-refractivity contribution >= 4 is 35.3 Å². The number of rotatable bonds is 5. The van der Waals surface area contributed by atoms with Crippen LogP contribution in [-0.2, 0) is 11.2 Å². The molecular formula is C15H11ClO4S. The highest BCUT2D eigenvalue weighted by molar-refractivity contribution is 7.99. The SMILES string of the molecule is O=C(O)Cc1ccc(Sc2ccc(C(=O)O)cc2)cc1Cl. The summed E-state index contributed by atoms with van der Waals surface area (Å²) in [5, 5.41) is 18.0. The highest BCUT2D eigenvalue weighted by Crippen LogP contribution is 2.31. The first-order valence-electron chi connectivity index (χ1n) is 5.97. The first-order valence-corrected chi connectivity index (χ1v) is 7.16. The van der Waals surface area contributed by atoms with Crippen LogP contribution in [0.1, 0.15) is 15.9 Å². The largest absolute Gasteiger partial charge is 0.481 e. The Bertz CT molecular complexity index is 683. The van der Waals surface area contributed by atoms with E-state index in [1.54, 1.807) is 30.3 Å². The summed E-state index contributed by atoms with van der Waals surface area (Å²) in [6.45, 7) is 0. The molecule has 0 heterocycles. The van der Waals surface area contributed by atoms with Crippen molar-refractivity contribution in [3.8, 4) is 0 Å². The molecule has 0 radical (unpaired) electrons. The number of hydrogen-bond donors (Lipinski definition) is 2. The number of carbonyl (C=O) groups is 2. The molecule has 0 aliphatic carbocycles. The molecule has 0 saturated carbocycles. The maximum Gasteiger partial charge on any atom is 0.335 e. The summed E-state index contributed by atoms with van der Waals surface area (Å²) >= 11 is 7.48. The average Bonchev–Trinajstić information content (AvgIpc) is 2.42. The van der Waals surface area contributed by atoms with E-state index in [2.05, 4.69) is 0 Å². The van der Waals surface area contributed by atoms with Gasteiger partial charge in [0.05, 0.1) is 12.0 Å². The van der Waals surface area contributed by atoms with Crippen molar-refractivity contribution in [2.24, 2.45) is 0 Å². The molecule has 0 aliphatic rings. The highest BCUT2D eigenvalue weighted by atomic mass is 35.5. The monoisotopic (exact) mass is 322 g/mol. The van der Waals surface area contributed by atoms with E-state index in [0.29, 0.717) is 10.6 Å². The zero-order valence-electron chi connectivity index (χ0n) is 10.7. The molecule has 0 bridgehead atoms. The number of hydrogen-bond acceptors (Lipinski definition) is 3. The van der Waals surface area contributed by atoms with Gasteiger partial charge in [-0.2, -0.15) is 0 Å². The van der Waals surface area contributed by atoms with Crippen LogP contribution in [0.3, 0.4) is 0 Å². The Morgan fingerprint density at radius 1 is 1.00 bits per heavy atom. The molecule has 108 valence electrons. The lowest BCUT2D eigenvalue weighted by Crippen LogP contribution is -2.00. The predicted octanol–water partition coefficient (Wildman–Crippen LogP) is 3.82. The summed E-state index contributed by atoms with van der Waals surface area (Å²) in [6.07, 6.45) is -0.114. The molecule has 0 aromatic heterocycles. The van der Waals surface area contributed by atoms with E-state index in [-0.39, 0.29) is 12.0 Å². The van der Waals surface area contributed by atoms with Gasteiger partial charge in [-0.25, -0.2) is 4.79 Å². The Hall–Kier alpha value is -1.98. The number of carboxylic acids is 2. The van der Waals surface area contributed by atoms with Gasteiger partial charge in [-0.05, 0) is 42.0 Å². The second-order valence-electron chi connectivity index (χ2n) is 4.26. The molecule has 4 nitrogen and oxygen atoms in total. The van der Waals surface area contributed by atoms with Crippen LogP contribution in [0.4, 0.5) is 0 Å². The van der Waals surface area contributed by atoms with Gasteiger partial charge in [0.15, 0.2) is 0 Å². The van der Waals surface area contributed by atoms with E-state index < -0.39 is 11.9 Å². The van der Waals surface area contributed by atoms with E-state index in [1.165, 1.54) is 23.9 Å². The number of halogens is 1. The van der Waals surface area contributed by atoms with E-state index in [4.69, 9.17) is 21.8 Å². The van der Waals surface area contributed by atoms with Crippen LogP contribution < -0.4 is 0 Å².